The smallest absolute Gasteiger partial charge is 0.303 e. The summed E-state index contributed by atoms with van der Waals surface area (Å²) in [6.45, 7) is 5.14. The zero-order valence-corrected chi connectivity index (χ0v) is 16.7. The van der Waals surface area contributed by atoms with Crippen LogP contribution in [-0.2, 0) is 16.2 Å². The van der Waals surface area contributed by atoms with Gasteiger partial charge in [-0.1, -0.05) is 19.1 Å². The van der Waals surface area contributed by atoms with Gasteiger partial charge in [0.1, 0.15) is 5.82 Å². The van der Waals surface area contributed by atoms with E-state index in [0.717, 1.165) is 38.0 Å². The Morgan fingerprint density at radius 2 is 1.83 bits per heavy atom. The van der Waals surface area contributed by atoms with Crippen LogP contribution in [-0.4, -0.2) is 33.0 Å². The molecule has 29 heavy (non-hydrogen) atoms. The Hall–Kier alpha value is -2.13. The number of hydrogen-bond donors (Lipinski definition) is 1. The summed E-state index contributed by atoms with van der Waals surface area (Å²) in [6.07, 6.45) is -2.74. The van der Waals surface area contributed by atoms with E-state index in [0.29, 0.717) is 18.1 Å². The predicted octanol–water partition coefficient (Wildman–Crippen LogP) is 4.84. The Morgan fingerprint density at radius 1 is 1.14 bits per heavy atom. The normalized spacial score (nSPS) is 18.2. The molecule has 0 aromatic heterocycles. The van der Waals surface area contributed by atoms with E-state index in [1.165, 1.54) is 0 Å². The zero-order chi connectivity index (χ0) is 21.2. The Bertz CT molecular complexity index is 959. The highest BCUT2D eigenvalue weighted by Gasteiger charge is 2.33. The van der Waals surface area contributed by atoms with Crippen LogP contribution in [0.15, 0.2) is 47.4 Å². The molecule has 0 radical (unpaired) electrons. The number of nitrogens with zero attached hydrogens (tertiary/aromatic N) is 1. The number of anilines is 1. The first-order valence-corrected chi connectivity index (χ1v) is 10.8. The van der Waals surface area contributed by atoms with Gasteiger partial charge >= 0.3 is 6.18 Å². The monoisotopic (exact) mass is 430 g/mol. The second-order valence-corrected chi connectivity index (χ2v) is 8.87. The summed E-state index contributed by atoms with van der Waals surface area (Å²) in [5.41, 5.74) is -0.0715. The third-order valence-corrected chi connectivity index (χ3v) is 6.32. The maximum absolute atomic E-state index is 13.5. The van der Waals surface area contributed by atoms with Crippen LogP contribution in [0.4, 0.5) is 23.2 Å². The number of nitrogens with one attached hydrogen (secondary N) is 1. The van der Waals surface area contributed by atoms with Crippen molar-refractivity contribution in [2.45, 2.75) is 36.8 Å². The molecule has 0 bridgehead atoms. The van der Waals surface area contributed by atoms with Gasteiger partial charge in [0.25, 0.3) is 10.0 Å². The van der Waals surface area contributed by atoms with Gasteiger partial charge in [-0.25, -0.2) is 12.8 Å². The van der Waals surface area contributed by atoms with Crippen molar-refractivity contribution in [2.75, 3.05) is 24.4 Å². The average Bonchev–Trinajstić information content (AvgIpc) is 3.10. The van der Waals surface area contributed by atoms with Crippen LogP contribution >= 0.6 is 0 Å². The van der Waals surface area contributed by atoms with Crippen LogP contribution in [0.2, 0.25) is 0 Å². The van der Waals surface area contributed by atoms with Gasteiger partial charge in [0.2, 0.25) is 0 Å². The molecule has 0 amide bonds. The minimum Gasteiger partial charge on any atom is -0.303 e. The number of likely N-dealkylation sites (tertiary alicyclic amines) is 1. The molecule has 0 saturated carbocycles. The lowest BCUT2D eigenvalue weighted by Crippen LogP contribution is -2.20. The molecule has 1 heterocycles. The molecule has 9 heteroatoms. The standard InChI is InChI=1S/C20H22F4N2O2S/c1-2-8-26-9-7-15(13-26)14-3-5-18(6-4-14)25-29(27,28)19-11-16(20(22,23)24)10-17(21)12-19/h3-6,10-12,15,25H,2,7-9,13H2,1H3. The molecule has 4 nitrogen and oxygen atoms in total. The number of hydrogen-bond acceptors (Lipinski definition) is 3. The topological polar surface area (TPSA) is 49.4 Å². The summed E-state index contributed by atoms with van der Waals surface area (Å²) in [7, 11) is -4.36. The number of benzene rings is 2. The molecule has 158 valence electrons. The molecule has 0 spiro atoms. The van der Waals surface area contributed by atoms with E-state index in [2.05, 4.69) is 16.5 Å². The van der Waals surface area contributed by atoms with E-state index >= 15 is 0 Å². The summed E-state index contributed by atoms with van der Waals surface area (Å²) in [5, 5.41) is 0. The summed E-state index contributed by atoms with van der Waals surface area (Å²) in [5.74, 6) is -0.904. The molecule has 0 aliphatic carbocycles. The second kappa shape index (κ2) is 8.31. The third-order valence-electron chi connectivity index (χ3n) is 4.96. The lowest BCUT2D eigenvalue weighted by molar-refractivity contribution is -0.137. The fourth-order valence-corrected chi connectivity index (χ4v) is 4.66. The van der Waals surface area contributed by atoms with Gasteiger partial charge in [0.05, 0.1) is 10.5 Å². The van der Waals surface area contributed by atoms with E-state index in [1.54, 1.807) is 12.1 Å². The van der Waals surface area contributed by atoms with Gasteiger partial charge in [-0.3, -0.25) is 4.72 Å². The molecule has 2 aromatic carbocycles. The molecule has 1 N–H and O–H groups in total. The van der Waals surface area contributed by atoms with E-state index < -0.39 is 32.5 Å². The lowest BCUT2D eigenvalue weighted by Gasteiger charge is -2.15. The Morgan fingerprint density at radius 3 is 2.45 bits per heavy atom. The molecule has 1 aliphatic rings. The van der Waals surface area contributed by atoms with Crippen LogP contribution in [0.1, 0.15) is 36.8 Å². The molecule has 2 aromatic rings. The van der Waals surface area contributed by atoms with Gasteiger partial charge in [0, 0.05) is 12.2 Å². The SMILES string of the molecule is CCCN1CCC(c2ccc(NS(=O)(=O)c3cc(F)cc(C(F)(F)F)c3)cc2)C1. The van der Waals surface area contributed by atoms with E-state index in [9.17, 15) is 26.0 Å². The van der Waals surface area contributed by atoms with Gasteiger partial charge in [-0.15, -0.1) is 0 Å². The van der Waals surface area contributed by atoms with Crippen LogP contribution in [0, 0.1) is 5.82 Å². The van der Waals surface area contributed by atoms with Crippen LogP contribution in [0.25, 0.3) is 0 Å². The van der Waals surface area contributed by atoms with Gasteiger partial charge in [-0.05, 0) is 67.7 Å². The Kier molecular flexibility index (Phi) is 6.19. The number of alkyl halides is 3. The highest BCUT2D eigenvalue weighted by atomic mass is 32.2. The van der Waals surface area contributed by atoms with Gasteiger partial charge in [-0.2, -0.15) is 13.2 Å². The zero-order valence-electron chi connectivity index (χ0n) is 15.8. The van der Waals surface area contributed by atoms with Crippen LogP contribution < -0.4 is 4.72 Å². The first-order chi connectivity index (χ1) is 13.6. The van der Waals surface area contributed by atoms with E-state index in [-0.39, 0.29) is 11.8 Å². The first kappa shape index (κ1) is 21.6. The molecular formula is C20H22F4N2O2S. The maximum atomic E-state index is 13.5. The quantitative estimate of drug-likeness (QED) is 0.667. The van der Waals surface area contributed by atoms with Crippen molar-refractivity contribution in [3.8, 4) is 0 Å². The van der Waals surface area contributed by atoms with Crippen LogP contribution in [0.3, 0.4) is 0 Å². The van der Waals surface area contributed by atoms with Gasteiger partial charge in [0.15, 0.2) is 0 Å². The van der Waals surface area contributed by atoms with Crippen molar-refractivity contribution in [1.29, 1.82) is 0 Å². The van der Waals surface area contributed by atoms with Crippen molar-refractivity contribution in [1.82, 2.24) is 4.90 Å². The third kappa shape index (κ3) is 5.27. The summed E-state index contributed by atoms with van der Waals surface area (Å²) < 4.78 is 79.2. The maximum Gasteiger partial charge on any atom is 0.416 e. The van der Waals surface area contributed by atoms with E-state index in [1.807, 2.05) is 12.1 Å². The van der Waals surface area contributed by atoms with Gasteiger partial charge < -0.3 is 4.90 Å². The predicted molar refractivity (Wildman–Crippen MR) is 103 cm³/mol. The van der Waals surface area contributed by atoms with Crippen molar-refractivity contribution >= 4 is 15.7 Å². The highest BCUT2D eigenvalue weighted by molar-refractivity contribution is 7.92. The largest absolute Gasteiger partial charge is 0.416 e. The second-order valence-electron chi connectivity index (χ2n) is 7.19. The Balaban J connectivity index is 1.75. The summed E-state index contributed by atoms with van der Waals surface area (Å²) >= 11 is 0. The summed E-state index contributed by atoms with van der Waals surface area (Å²) in [4.78, 5) is 1.60. The molecule has 1 saturated heterocycles. The average molecular weight is 430 g/mol. The number of halogens is 4. The minimum atomic E-state index is -4.85. The molecule has 1 aliphatic heterocycles. The number of sulfonamides is 1. The Labute approximate surface area is 167 Å². The molecule has 1 atom stereocenters. The fourth-order valence-electron chi connectivity index (χ4n) is 3.54. The molecule has 1 fully saturated rings. The molecule has 1 unspecified atom stereocenters. The molecular weight excluding hydrogens is 408 g/mol. The fraction of sp³-hybridized carbons (Fsp3) is 0.400. The van der Waals surface area contributed by atoms with Crippen molar-refractivity contribution in [2.24, 2.45) is 0 Å². The molecule has 3 rings (SSSR count). The minimum absolute atomic E-state index is 0.204. The van der Waals surface area contributed by atoms with E-state index in [4.69, 9.17) is 0 Å². The summed E-state index contributed by atoms with van der Waals surface area (Å²) in [6, 6.07) is 8.00. The first-order valence-electron chi connectivity index (χ1n) is 9.31. The van der Waals surface area contributed by atoms with Crippen molar-refractivity contribution < 1.29 is 26.0 Å². The lowest BCUT2D eigenvalue weighted by atomic mass is 9.98. The van der Waals surface area contributed by atoms with Crippen molar-refractivity contribution in [3.05, 3.63) is 59.4 Å². The van der Waals surface area contributed by atoms with Crippen molar-refractivity contribution in [3.63, 3.8) is 0 Å². The highest BCUT2D eigenvalue weighted by Crippen LogP contribution is 2.32. The number of rotatable bonds is 6. The van der Waals surface area contributed by atoms with Crippen LogP contribution in [0.5, 0.6) is 0 Å².